The number of aromatic nitrogens is 1. The maximum absolute atomic E-state index is 12.7. The molecule has 3 aliphatic heterocycles. The standard InChI is InChI=1S/C16H24N4O2S/c1-2-3-6-17-16(22)19-7-12-4-5-14(9-19)20(15(12)21)8-13-10-23-11-18-13/h10-12,14H,2-9H2,1H3,(H,17,22)/t12-,14+/m1/s1. The number of unbranched alkanes of at least 4 members (excludes halogenated alkanes) is 1. The molecule has 3 aliphatic rings. The molecule has 0 radical (unpaired) electrons. The van der Waals surface area contributed by atoms with E-state index in [-0.39, 0.29) is 23.9 Å². The van der Waals surface area contributed by atoms with Crippen LogP contribution < -0.4 is 5.32 Å². The summed E-state index contributed by atoms with van der Waals surface area (Å²) in [4.78, 5) is 33.1. The molecule has 3 amide bonds. The number of piperidine rings is 1. The Labute approximate surface area is 140 Å². The van der Waals surface area contributed by atoms with Crippen molar-refractivity contribution >= 4 is 23.3 Å². The predicted octanol–water partition coefficient (Wildman–Crippen LogP) is 2.08. The smallest absolute Gasteiger partial charge is 0.317 e. The Morgan fingerprint density at radius 1 is 1.43 bits per heavy atom. The Balaban J connectivity index is 1.66. The lowest BCUT2D eigenvalue weighted by atomic mass is 9.94. The van der Waals surface area contributed by atoms with Gasteiger partial charge in [-0.05, 0) is 19.3 Å². The second-order valence-electron chi connectivity index (χ2n) is 6.36. The van der Waals surface area contributed by atoms with Crippen molar-refractivity contribution in [3.8, 4) is 0 Å². The zero-order valence-electron chi connectivity index (χ0n) is 13.5. The zero-order valence-corrected chi connectivity index (χ0v) is 14.3. The summed E-state index contributed by atoms with van der Waals surface area (Å²) in [6.07, 6.45) is 3.90. The average molecular weight is 336 g/mol. The molecule has 0 spiro atoms. The van der Waals surface area contributed by atoms with Gasteiger partial charge in [-0.2, -0.15) is 0 Å². The number of amides is 3. The lowest BCUT2D eigenvalue weighted by Crippen LogP contribution is -2.48. The van der Waals surface area contributed by atoms with Crippen molar-refractivity contribution in [1.82, 2.24) is 20.1 Å². The highest BCUT2D eigenvalue weighted by molar-refractivity contribution is 7.07. The van der Waals surface area contributed by atoms with Crippen LogP contribution in [0.1, 0.15) is 38.3 Å². The molecule has 1 N–H and O–H groups in total. The van der Waals surface area contributed by atoms with Gasteiger partial charge in [0, 0.05) is 31.1 Å². The summed E-state index contributed by atoms with van der Waals surface area (Å²) < 4.78 is 0. The molecule has 6 nitrogen and oxygen atoms in total. The number of carbonyl (C=O) groups excluding carboxylic acids is 2. The summed E-state index contributed by atoms with van der Waals surface area (Å²) in [5.74, 6) is 0.113. The molecule has 0 unspecified atom stereocenters. The molecule has 3 saturated heterocycles. The molecule has 23 heavy (non-hydrogen) atoms. The van der Waals surface area contributed by atoms with Gasteiger partial charge in [-0.1, -0.05) is 13.3 Å². The first-order chi connectivity index (χ1) is 11.2. The lowest BCUT2D eigenvalue weighted by molar-refractivity contribution is -0.140. The first-order valence-corrected chi connectivity index (χ1v) is 9.33. The maximum Gasteiger partial charge on any atom is 0.317 e. The molecule has 3 fully saturated rings. The fourth-order valence-electron chi connectivity index (χ4n) is 3.39. The summed E-state index contributed by atoms with van der Waals surface area (Å²) in [6.45, 7) is 4.55. The van der Waals surface area contributed by atoms with Gasteiger partial charge in [-0.25, -0.2) is 9.78 Å². The van der Waals surface area contributed by atoms with E-state index in [4.69, 9.17) is 0 Å². The third-order valence-electron chi connectivity index (χ3n) is 4.70. The number of carbonyl (C=O) groups is 2. The van der Waals surface area contributed by atoms with Crippen molar-refractivity contribution in [1.29, 1.82) is 0 Å². The summed E-state index contributed by atoms with van der Waals surface area (Å²) >= 11 is 1.55. The fraction of sp³-hybridized carbons (Fsp3) is 0.688. The molecule has 1 aromatic heterocycles. The molecular weight excluding hydrogens is 312 g/mol. The highest BCUT2D eigenvalue weighted by atomic mass is 32.1. The lowest BCUT2D eigenvalue weighted by Gasteiger charge is -2.35. The Morgan fingerprint density at radius 3 is 3.04 bits per heavy atom. The summed E-state index contributed by atoms with van der Waals surface area (Å²) in [5.41, 5.74) is 2.73. The van der Waals surface area contributed by atoms with Crippen molar-refractivity contribution in [3.63, 3.8) is 0 Å². The molecule has 4 rings (SSSR count). The molecule has 0 aromatic carbocycles. The molecule has 126 valence electrons. The molecular formula is C16H24N4O2S. The third-order valence-corrected chi connectivity index (χ3v) is 5.34. The van der Waals surface area contributed by atoms with Crippen LogP contribution in [0.4, 0.5) is 4.79 Å². The minimum atomic E-state index is -0.0655. The van der Waals surface area contributed by atoms with Gasteiger partial charge in [0.15, 0.2) is 0 Å². The van der Waals surface area contributed by atoms with Crippen LogP contribution in [-0.2, 0) is 11.3 Å². The zero-order chi connectivity index (χ0) is 16.2. The largest absolute Gasteiger partial charge is 0.338 e. The van der Waals surface area contributed by atoms with Gasteiger partial charge in [0.1, 0.15) is 0 Å². The van der Waals surface area contributed by atoms with Gasteiger partial charge in [0.2, 0.25) is 5.91 Å². The Bertz CT molecular complexity index is 548. The quantitative estimate of drug-likeness (QED) is 0.837. The summed E-state index contributed by atoms with van der Waals surface area (Å²) in [6, 6.07) is 0.0820. The van der Waals surface area contributed by atoms with E-state index in [1.165, 1.54) is 0 Å². The Kier molecular flexibility index (Phi) is 5.15. The number of urea groups is 1. The molecule has 0 saturated carbocycles. The van der Waals surface area contributed by atoms with Crippen molar-refractivity contribution in [3.05, 3.63) is 16.6 Å². The van der Waals surface area contributed by atoms with Crippen LogP contribution in [0.3, 0.4) is 0 Å². The van der Waals surface area contributed by atoms with Gasteiger partial charge >= 0.3 is 6.03 Å². The van der Waals surface area contributed by atoms with Crippen LogP contribution in [0.5, 0.6) is 0 Å². The van der Waals surface area contributed by atoms with Crippen LogP contribution in [0.25, 0.3) is 0 Å². The molecule has 2 atom stereocenters. The van der Waals surface area contributed by atoms with Gasteiger partial charge in [0.25, 0.3) is 0 Å². The number of hydrogen-bond donors (Lipinski definition) is 1. The Hall–Kier alpha value is -1.63. The second-order valence-corrected chi connectivity index (χ2v) is 7.08. The molecule has 7 heteroatoms. The van der Waals surface area contributed by atoms with Gasteiger partial charge < -0.3 is 15.1 Å². The van der Waals surface area contributed by atoms with E-state index in [2.05, 4.69) is 17.2 Å². The second kappa shape index (κ2) is 7.29. The summed E-state index contributed by atoms with van der Waals surface area (Å²) in [7, 11) is 0. The number of nitrogens with zero attached hydrogens (tertiary/aromatic N) is 3. The molecule has 1 aromatic rings. The van der Waals surface area contributed by atoms with Crippen LogP contribution in [0.15, 0.2) is 10.9 Å². The topological polar surface area (TPSA) is 65.5 Å². The minimum Gasteiger partial charge on any atom is -0.338 e. The van der Waals surface area contributed by atoms with E-state index >= 15 is 0 Å². The monoisotopic (exact) mass is 336 g/mol. The van der Waals surface area contributed by atoms with E-state index in [9.17, 15) is 9.59 Å². The highest BCUT2D eigenvalue weighted by Gasteiger charge is 2.41. The fourth-order valence-corrected chi connectivity index (χ4v) is 3.94. The number of fused-ring (bicyclic) bond motifs is 4. The predicted molar refractivity (Wildman–Crippen MR) is 89.1 cm³/mol. The van der Waals surface area contributed by atoms with Gasteiger partial charge in [0.05, 0.1) is 23.7 Å². The van der Waals surface area contributed by atoms with Crippen molar-refractivity contribution in [2.24, 2.45) is 5.92 Å². The van der Waals surface area contributed by atoms with E-state index in [0.29, 0.717) is 26.2 Å². The van der Waals surface area contributed by atoms with Gasteiger partial charge in [-0.3, -0.25) is 4.79 Å². The molecule has 4 heterocycles. The van der Waals surface area contributed by atoms with Crippen molar-refractivity contribution < 1.29 is 9.59 Å². The number of nitrogens with one attached hydrogen (secondary N) is 1. The van der Waals surface area contributed by atoms with Gasteiger partial charge in [-0.15, -0.1) is 11.3 Å². The van der Waals surface area contributed by atoms with Crippen LogP contribution >= 0.6 is 11.3 Å². The number of rotatable bonds is 5. The maximum atomic E-state index is 12.7. The normalized spacial score (nSPS) is 24.0. The molecule has 2 bridgehead atoms. The number of hydrogen-bond acceptors (Lipinski definition) is 4. The first kappa shape index (κ1) is 16.2. The van der Waals surface area contributed by atoms with Crippen molar-refractivity contribution in [2.45, 2.75) is 45.2 Å². The first-order valence-electron chi connectivity index (χ1n) is 8.39. The van der Waals surface area contributed by atoms with Crippen LogP contribution in [0.2, 0.25) is 0 Å². The van der Waals surface area contributed by atoms with E-state index in [1.54, 1.807) is 16.8 Å². The van der Waals surface area contributed by atoms with Crippen molar-refractivity contribution in [2.75, 3.05) is 19.6 Å². The van der Waals surface area contributed by atoms with E-state index < -0.39 is 0 Å². The minimum absolute atomic E-state index is 0.0290. The van der Waals surface area contributed by atoms with Crippen LogP contribution in [-0.4, -0.2) is 52.4 Å². The van der Waals surface area contributed by atoms with E-state index in [1.807, 2.05) is 15.2 Å². The SMILES string of the molecule is CCCCNC(=O)N1C[C@H]2CC[C@@H](C1)N(Cc1cscn1)C2=O. The number of thiazole rings is 1. The third kappa shape index (κ3) is 3.65. The summed E-state index contributed by atoms with van der Waals surface area (Å²) in [5, 5.41) is 4.96. The average Bonchev–Trinajstić information content (AvgIpc) is 2.91. The molecule has 0 aliphatic carbocycles. The van der Waals surface area contributed by atoms with E-state index in [0.717, 1.165) is 31.4 Å². The van der Waals surface area contributed by atoms with Crippen LogP contribution in [0, 0.1) is 5.92 Å². The Morgan fingerprint density at radius 2 is 2.30 bits per heavy atom. The highest BCUT2D eigenvalue weighted by Crippen LogP contribution is 2.30.